The van der Waals surface area contributed by atoms with Gasteiger partial charge >= 0.3 is 0 Å². The smallest absolute Gasteiger partial charge is 0.257 e. The number of aryl methyl sites for hydroxylation is 1. The SMILES string of the molecule is COc1c(C(=O)N(C)[C@H]2CCCC[C@@H]2O)cc(-c2ccc(-c3cnn(C)c3)nc2)c2ccccc12. The highest BCUT2D eigenvalue weighted by atomic mass is 16.5. The number of aromatic nitrogens is 3. The van der Waals surface area contributed by atoms with Crippen LogP contribution in [-0.4, -0.2) is 57.0 Å². The largest absolute Gasteiger partial charge is 0.495 e. The van der Waals surface area contributed by atoms with E-state index in [2.05, 4.69) is 10.1 Å². The first-order valence-electron chi connectivity index (χ1n) is 12.0. The summed E-state index contributed by atoms with van der Waals surface area (Å²) in [7, 11) is 5.25. The van der Waals surface area contributed by atoms with Crippen molar-refractivity contribution in [2.45, 2.75) is 37.8 Å². The number of fused-ring (bicyclic) bond motifs is 1. The molecular weight excluding hydrogens is 440 g/mol. The molecule has 1 saturated carbocycles. The molecule has 4 aromatic rings. The van der Waals surface area contributed by atoms with Gasteiger partial charge < -0.3 is 14.7 Å². The molecule has 2 atom stereocenters. The molecule has 7 nitrogen and oxygen atoms in total. The first-order valence-corrected chi connectivity index (χ1v) is 12.0. The minimum absolute atomic E-state index is 0.153. The Hall–Kier alpha value is -3.71. The quantitative estimate of drug-likeness (QED) is 0.458. The van der Waals surface area contributed by atoms with Gasteiger partial charge in [-0.1, -0.05) is 43.2 Å². The standard InChI is InChI=1S/C28H30N4O3/c1-31-17-19(16-30-31)24-13-12-18(15-29-24)22-14-23(27(35-3)21-9-5-4-8-20(21)22)28(34)32(2)25-10-6-7-11-26(25)33/h4-5,8-9,12-17,25-26,33H,6-7,10-11H2,1-3H3/t25-,26-/m0/s1. The number of amides is 1. The Balaban J connectivity index is 1.60. The van der Waals surface area contributed by atoms with E-state index in [0.717, 1.165) is 58.8 Å². The summed E-state index contributed by atoms with van der Waals surface area (Å²) in [6.45, 7) is 0. The van der Waals surface area contributed by atoms with Gasteiger partial charge in [0.1, 0.15) is 5.75 Å². The Bertz CT molecular complexity index is 1360. The van der Waals surface area contributed by atoms with Gasteiger partial charge in [0.15, 0.2) is 0 Å². The molecule has 1 N–H and O–H groups in total. The van der Waals surface area contributed by atoms with Crippen molar-refractivity contribution in [1.82, 2.24) is 19.7 Å². The maximum Gasteiger partial charge on any atom is 0.257 e. The molecule has 2 aromatic heterocycles. The molecule has 1 amide bonds. The zero-order chi connectivity index (χ0) is 24.5. The van der Waals surface area contributed by atoms with Crippen LogP contribution in [0.3, 0.4) is 0 Å². The Morgan fingerprint density at radius 3 is 2.51 bits per heavy atom. The molecule has 0 unspecified atom stereocenters. The number of nitrogens with zero attached hydrogens (tertiary/aromatic N) is 4. The van der Waals surface area contributed by atoms with Crippen LogP contribution in [0.2, 0.25) is 0 Å². The maximum atomic E-state index is 13.7. The van der Waals surface area contributed by atoms with E-state index in [-0.39, 0.29) is 11.9 Å². The fraction of sp³-hybridized carbons (Fsp3) is 0.321. The van der Waals surface area contributed by atoms with Crippen LogP contribution in [0.1, 0.15) is 36.0 Å². The second-order valence-electron chi connectivity index (χ2n) is 9.22. The van der Waals surface area contributed by atoms with Gasteiger partial charge in [-0.25, -0.2) is 0 Å². The summed E-state index contributed by atoms with van der Waals surface area (Å²) in [5, 5.41) is 16.6. The number of benzene rings is 2. The average molecular weight is 471 g/mol. The highest BCUT2D eigenvalue weighted by molar-refractivity contribution is 6.09. The molecule has 5 rings (SSSR count). The molecule has 35 heavy (non-hydrogen) atoms. The highest BCUT2D eigenvalue weighted by Crippen LogP contribution is 2.39. The zero-order valence-electron chi connectivity index (χ0n) is 20.3. The van der Waals surface area contributed by atoms with Gasteiger partial charge in [0.05, 0.1) is 36.7 Å². The van der Waals surface area contributed by atoms with Crippen LogP contribution in [0.5, 0.6) is 5.75 Å². The summed E-state index contributed by atoms with van der Waals surface area (Å²) in [4.78, 5) is 20.1. The lowest BCUT2D eigenvalue weighted by atomic mass is 9.90. The fourth-order valence-electron chi connectivity index (χ4n) is 5.13. The number of methoxy groups -OCH3 is 1. The lowest BCUT2D eigenvalue weighted by Gasteiger charge is -2.35. The van der Waals surface area contributed by atoms with E-state index < -0.39 is 6.10 Å². The Morgan fingerprint density at radius 1 is 1.09 bits per heavy atom. The Kier molecular flexibility index (Phi) is 6.26. The number of aliphatic hydroxyl groups is 1. The number of hydrogen-bond donors (Lipinski definition) is 1. The summed E-state index contributed by atoms with van der Waals surface area (Å²) in [6, 6.07) is 13.6. The van der Waals surface area contributed by atoms with Crippen molar-refractivity contribution >= 4 is 16.7 Å². The molecular formula is C28H30N4O3. The lowest BCUT2D eigenvalue weighted by molar-refractivity contribution is 0.0266. The minimum atomic E-state index is -0.507. The van der Waals surface area contributed by atoms with Crippen molar-refractivity contribution in [3.63, 3.8) is 0 Å². The summed E-state index contributed by atoms with van der Waals surface area (Å²) >= 11 is 0. The van der Waals surface area contributed by atoms with Crippen LogP contribution in [0.15, 0.2) is 61.1 Å². The van der Waals surface area contributed by atoms with Crippen LogP contribution in [0, 0.1) is 0 Å². The molecule has 0 bridgehead atoms. The number of hydrogen-bond acceptors (Lipinski definition) is 5. The van der Waals surface area contributed by atoms with Crippen LogP contribution < -0.4 is 4.74 Å². The molecule has 2 heterocycles. The molecule has 0 aliphatic heterocycles. The number of rotatable bonds is 5. The molecule has 7 heteroatoms. The predicted octanol–water partition coefficient (Wildman–Crippen LogP) is 4.69. The molecule has 0 saturated heterocycles. The zero-order valence-corrected chi connectivity index (χ0v) is 20.3. The van der Waals surface area contributed by atoms with E-state index in [1.54, 1.807) is 29.9 Å². The van der Waals surface area contributed by atoms with Gasteiger partial charge in [0.2, 0.25) is 0 Å². The second-order valence-corrected chi connectivity index (χ2v) is 9.22. The molecule has 0 spiro atoms. The van der Waals surface area contributed by atoms with E-state index in [9.17, 15) is 9.90 Å². The summed E-state index contributed by atoms with van der Waals surface area (Å²) < 4.78 is 7.53. The summed E-state index contributed by atoms with van der Waals surface area (Å²) in [5.74, 6) is 0.395. The normalized spacial score (nSPS) is 17.9. The van der Waals surface area contributed by atoms with Crippen LogP contribution >= 0.6 is 0 Å². The van der Waals surface area contributed by atoms with E-state index >= 15 is 0 Å². The van der Waals surface area contributed by atoms with Crippen molar-refractivity contribution < 1.29 is 14.6 Å². The van der Waals surface area contributed by atoms with E-state index in [1.807, 2.05) is 61.9 Å². The third-order valence-corrected chi connectivity index (χ3v) is 7.02. The van der Waals surface area contributed by atoms with Gasteiger partial charge in [-0.3, -0.25) is 14.5 Å². The minimum Gasteiger partial charge on any atom is -0.495 e. The number of ether oxygens (including phenoxy) is 1. The maximum absolute atomic E-state index is 13.7. The monoisotopic (exact) mass is 470 g/mol. The van der Waals surface area contributed by atoms with Gasteiger partial charge in [0, 0.05) is 43.0 Å². The predicted molar refractivity (Wildman–Crippen MR) is 136 cm³/mol. The van der Waals surface area contributed by atoms with Gasteiger partial charge in [-0.2, -0.15) is 5.10 Å². The third kappa shape index (κ3) is 4.28. The molecule has 180 valence electrons. The van der Waals surface area contributed by atoms with Crippen molar-refractivity contribution in [2.75, 3.05) is 14.2 Å². The average Bonchev–Trinajstić information content (AvgIpc) is 3.33. The second kappa shape index (κ2) is 9.50. The van der Waals surface area contributed by atoms with Gasteiger partial charge in [-0.05, 0) is 35.9 Å². The summed E-state index contributed by atoms with van der Waals surface area (Å²) in [6.07, 6.45) is 8.56. The lowest BCUT2D eigenvalue weighted by Crippen LogP contribution is -2.46. The van der Waals surface area contributed by atoms with Crippen LogP contribution in [0.4, 0.5) is 0 Å². The Labute approximate surface area is 205 Å². The third-order valence-electron chi connectivity index (χ3n) is 7.02. The first kappa shape index (κ1) is 23.1. The fourth-order valence-corrected chi connectivity index (χ4v) is 5.13. The van der Waals surface area contributed by atoms with Crippen molar-refractivity contribution in [3.05, 3.63) is 66.6 Å². The number of carbonyl (C=O) groups is 1. The van der Waals surface area contributed by atoms with Crippen molar-refractivity contribution in [3.8, 4) is 28.1 Å². The number of carbonyl (C=O) groups excluding carboxylic acids is 1. The first-order chi connectivity index (χ1) is 17.0. The molecule has 1 aliphatic carbocycles. The molecule has 1 aliphatic rings. The van der Waals surface area contributed by atoms with Gasteiger partial charge in [-0.15, -0.1) is 0 Å². The van der Waals surface area contributed by atoms with E-state index in [4.69, 9.17) is 4.74 Å². The number of pyridine rings is 1. The molecule has 1 fully saturated rings. The topological polar surface area (TPSA) is 80.5 Å². The molecule has 2 aromatic carbocycles. The van der Waals surface area contributed by atoms with Gasteiger partial charge in [0.25, 0.3) is 5.91 Å². The van der Waals surface area contributed by atoms with Crippen LogP contribution in [-0.2, 0) is 7.05 Å². The highest BCUT2D eigenvalue weighted by Gasteiger charge is 2.31. The van der Waals surface area contributed by atoms with E-state index in [1.165, 1.54) is 0 Å². The van der Waals surface area contributed by atoms with Crippen molar-refractivity contribution in [1.29, 1.82) is 0 Å². The summed E-state index contributed by atoms with van der Waals surface area (Å²) in [5.41, 5.74) is 4.08. The number of aliphatic hydroxyl groups excluding tert-OH is 1. The Morgan fingerprint density at radius 2 is 1.86 bits per heavy atom. The number of likely N-dealkylation sites (N-methyl/N-ethyl adjacent to an activating group) is 1. The molecule has 0 radical (unpaired) electrons. The van der Waals surface area contributed by atoms with Crippen LogP contribution in [0.25, 0.3) is 33.2 Å². The van der Waals surface area contributed by atoms with E-state index in [0.29, 0.717) is 11.3 Å². The van der Waals surface area contributed by atoms with Crippen molar-refractivity contribution in [2.24, 2.45) is 7.05 Å².